The highest BCUT2D eigenvalue weighted by Crippen LogP contribution is 2.17. The van der Waals surface area contributed by atoms with E-state index in [1.54, 1.807) is 13.1 Å². The highest BCUT2D eigenvalue weighted by Gasteiger charge is 2.28. The van der Waals surface area contributed by atoms with E-state index in [0.717, 1.165) is 31.4 Å². The summed E-state index contributed by atoms with van der Waals surface area (Å²) in [5, 5.41) is 6.24. The second-order valence-electron chi connectivity index (χ2n) is 5.58. The lowest BCUT2D eigenvalue weighted by Gasteiger charge is -2.13. The maximum atomic E-state index is 12.2. The average Bonchev–Trinajstić information content (AvgIpc) is 2.61. The number of nitrogens with one attached hydrogen (secondary N) is 2. The normalized spacial score (nSPS) is 11.7. The molecule has 6 nitrogen and oxygen atoms in total. The highest BCUT2D eigenvalue weighted by molar-refractivity contribution is 14.0. The summed E-state index contributed by atoms with van der Waals surface area (Å²) in [6.45, 7) is 3.33. The fraction of sp³-hybridized carbons (Fsp3) is 0.647. The van der Waals surface area contributed by atoms with E-state index >= 15 is 0 Å². The molecule has 0 saturated heterocycles. The molecule has 0 atom stereocenters. The third kappa shape index (κ3) is 13.5. The summed E-state index contributed by atoms with van der Waals surface area (Å²) in [4.78, 5) is 7.87. The number of unbranched alkanes of at least 4 members (excludes halogenated alkanes) is 1. The van der Waals surface area contributed by atoms with Crippen LogP contribution in [0.5, 0.6) is 5.88 Å². The molecule has 0 amide bonds. The Morgan fingerprint density at radius 1 is 1.22 bits per heavy atom. The van der Waals surface area contributed by atoms with Gasteiger partial charge in [-0.2, -0.15) is 13.2 Å². The predicted octanol–water partition coefficient (Wildman–Crippen LogP) is 3.51. The Hall–Kier alpha value is -1.30. The minimum absolute atomic E-state index is 0. The van der Waals surface area contributed by atoms with Crippen LogP contribution in [0.2, 0.25) is 0 Å². The van der Waals surface area contributed by atoms with Crippen molar-refractivity contribution in [1.82, 2.24) is 15.6 Å². The molecule has 0 aromatic carbocycles. The van der Waals surface area contributed by atoms with E-state index in [1.807, 2.05) is 0 Å². The van der Waals surface area contributed by atoms with Crippen molar-refractivity contribution in [3.05, 3.63) is 23.9 Å². The van der Waals surface area contributed by atoms with Gasteiger partial charge in [0.05, 0.1) is 0 Å². The van der Waals surface area contributed by atoms with Crippen molar-refractivity contribution in [1.29, 1.82) is 0 Å². The molecular formula is C17H28F3IN4O2. The van der Waals surface area contributed by atoms with Gasteiger partial charge in [-0.1, -0.05) is 13.3 Å². The van der Waals surface area contributed by atoms with Gasteiger partial charge in [-0.3, -0.25) is 4.99 Å². The van der Waals surface area contributed by atoms with Crippen LogP contribution in [-0.2, 0) is 11.3 Å². The number of guanidine groups is 1. The molecule has 0 unspecified atom stereocenters. The number of hydrogen-bond donors (Lipinski definition) is 2. The summed E-state index contributed by atoms with van der Waals surface area (Å²) in [5.41, 5.74) is 0.739. The molecule has 0 spiro atoms. The van der Waals surface area contributed by atoms with Gasteiger partial charge in [0.1, 0.15) is 0 Å². The van der Waals surface area contributed by atoms with Crippen LogP contribution in [-0.4, -0.2) is 50.5 Å². The summed E-state index contributed by atoms with van der Waals surface area (Å²) in [6, 6.07) is 3.16. The summed E-state index contributed by atoms with van der Waals surface area (Å²) >= 11 is 0. The van der Waals surface area contributed by atoms with Gasteiger partial charge in [-0.15, -0.1) is 24.0 Å². The van der Waals surface area contributed by atoms with E-state index in [4.69, 9.17) is 4.74 Å². The standard InChI is InChI=1S/C17H27F3N4O2.HI/c1-3-4-9-25-10-5-7-23-16(21-2)24-12-14-6-8-22-15(11-14)26-13-17(18,19)20;/h6,8,11H,3-5,7,9-10,12-13H2,1-2H3,(H2,21,23,24);1H. The van der Waals surface area contributed by atoms with Crippen LogP contribution in [0.15, 0.2) is 23.3 Å². The van der Waals surface area contributed by atoms with Crippen molar-refractivity contribution in [2.45, 2.75) is 38.9 Å². The zero-order chi connectivity index (χ0) is 19.3. The van der Waals surface area contributed by atoms with Crippen molar-refractivity contribution >= 4 is 29.9 Å². The van der Waals surface area contributed by atoms with Crippen molar-refractivity contribution in [2.75, 3.05) is 33.4 Å². The molecule has 0 aliphatic heterocycles. The predicted molar refractivity (Wildman–Crippen MR) is 110 cm³/mol. The largest absolute Gasteiger partial charge is 0.468 e. The Bertz CT molecular complexity index is 545. The number of pyridine rings is 1. The topological polar surface area (TPSA) is 67.8 Å². The SMILES string of the molecule is CCCCOCCCNC(=NC)NCc1ccnc(OCC(F)(F)F)c1.I. The molecule has 0 fully saturated rings. The molecule has 0 aliphatic rings. The maximum absolute atomic E-state index is 12.2. The van der Waals surface area contributed by atoms with Crippen molar-refractivity contribution in [3.8, 4) is 5.88 Å². The molecule has 0 radical (unpaired) electrons. The van der Waals surface area contributed by atoms with Crippen molar-refractivity contribution < 1.29 is 22.6 Å². The highest BCUT2D eigenvalue weighted by atomic mass is 127. The van der Waals surface area contributed by atoms with E-state index in [-0.39, 0.29) is 29.9 Å². The first-order valence-electron chi connectivity index (χ1n) is 8.61. The number of alkyl halides is 3. The molecule has 27 heavy (non-hydrogen) atoms. The quantitative estimate of drug-likeness (QED) is 0.209. The van der Waals surface area contributed by atoms with Crippen LogP contribution < -0.4 is 15.4 Å². The molecular weight excluding hydrogens is 476 g/mol. The number of rotatable bonds is 11. The summed E-state index contributed by atoms with van der Waals surface area (Å²) in [5.74, 6) is 0.543. The second kappa shape index (κ2) is 14.7. The van der Waals surface area contributed by atoms with Crippen LogP contribution in [0.1, 0.15) is 31.7 Å². The van der Waals surface area contributed by atoms with E-state index in [1.165, 1.54) is 12.3 Å². The van der Waals surface area contributed by atoms with Gasteiger partial charge in [0.2, 0.25) is 5.88 Å². The number of hydrogen-bond acceptors (Lipinski definition) is 4. The molecule has 1 aromatic rings. The Morgan fingerprint density at radius 2 is 1.96 bits per heavy atom. The molecule has 156 valence electrons. The van der Waals surface area contributed by atoms with Crippen molar-refractivity contribution in [3.63, 3.8) is 0 Å². The Labute approximate surface area is 175 Å². The van der Waals surface area contributed by atoms with E-state index in [9.17, 15) is 13.2 Å². The zero-order valence-electron chi connectivity index (χ0n) is 15.6. The molecule has 0 aliphatic carbocycles. The fourth-order valence-corrected chi connectivity index (χ4v) is 1.93. The van der Waals surface area contributed by atoms with Crippen LogP contribution in [0, 0.1) is 0 Å². The van der Waals surface area contributed by atoms with Crippen LogP contribution in [0.25, 0.3) is 0 Å². The van der Waals surface area contributed by atoms with E-state index < -0.39 is 12.8 Å². The van der Waals surface area contributed by atoms with E-state index in [0.29, 0.717) is 25.7 Å². The van der Waals surface area contributed by atoms with Crippen LogP contribution >= 0.6 is 24.0 Å². The van der Waals surface area contributed by atoms with Gasteiger partial charge in [0.25, 0.3) is 0 Å². The maximum Gasteiger partial charge on any atom is 0.422 e. The first kappa shape index (κ1) is 25.7. The molecule has 1 aromatic heterocycles. The lowest BCUT2D eigenvalue weighted by molar-refractivity contribution is -0.154. The average molecular weight is 504 g/mol. The Morgan fingerprint density at radius 3 is 2.63 bits per heavy atom. The van der Waals surface area contributed by atoms with Gasteiger partial charge < -0.3 is 20.1 Å². The zero-order valence-corrected chi connectivity index (χ0v) is 18.0. The number of nitrogens with zero attached hydrogens (tertiary/aromatic N) is 2. The smallest absolute Gasteiger partial charge is 0.422 e. The summed E-state index contributed by atoms with van der Waals surface area (Å²) < 4.78 is 46.7. The van der Waals surface area contributed by atoms with Gasteiger partial charge >= 0.3 is 6.18 Å². The minimum atomic E-state index is -4.39. The van der Waals surface area contributed by atoms with Crippen LogP contribution in [0.3, 0.4) is 0 Å². The monoisotopic (exact) mass is 504 g/mol. The number of aliphatic imine (C=N–C) groups is 1. The number of ether oxygens (including phenoxy) is 2. The molecule has 0 saturated carbocycles. The third-order valence-corrected chi connectivity index (χ3v) is 3.27. The molecule has 1 rings (SSSR count). The van der Waals surface area contributed by atoms with Gasteiger partial charge in [0, 0.05) is 45.6 Å². The molecule has 10 heteroatoms. The molecule has 1 heterocycles. The van der Waals surface area contributed by atoms with Gasteiger partial charge in [-0.25, -0.2) is 4.98 Å². The molecule has 0 bridgehead atoms. The molecule has 2 N–H and O–H groups in total. The third-order valence-electron chi connectivity index (χ3n) is 3.27. The summed E-state index contributed by atoms with van der Waals surface area (Å²) in [6.07, 6.45) is 0.0633. The van der Waals surface area contributed by atoms with Gasteiger partial charge in [-0.05, 0) is 24.5 Å². The van der Waals surface area contributed by atoms with Crippen LogP contribution in [0.4, 0.5) is 13.2 Å². The van der Waals surface area contributed by atoms with Crippen molar-refractivity contribution in [2.24, 2.45) is 4.99 Å². The first-order chi connectivity index (χ1) is 12.4. The number of aromatic nitrogens is 1. The number of halogens is 4. The fourth-order valence-electron chi connectivity index (χ4n) is 1.93. The van der Waals surface area contributed by atoms with Gasteiger partial charge in [0.15, 0.2) is 12.6 Å². The lowest BCUT2D eigenvalue weighted by atomic mass is 10.2. The lowest BCUT2D eigenvalue weighted by Crippen LogP contribution is -2.37. The first-order valence-corrected chi connectivity index (χ1v) is 8.61. The second-order valence-corrected chi connectivity index (χ2v) is 5.58. The Kier molecular flexibility index (Phi) is 14.0. The van der Waals surface area contributed by atoms with E-state index in [2.05, 4.69) is 32.3 Å². The Balaban J connectivity index is 0.00000676. The summed E-state index contributed by atoms with van der Waals surface area (Å²) in [7, 11) is 1.65. The minimum Gasteiger partial charge on any atom is -0.468 e.